The maximum Gasteiger partial charge on any atom is 0.189 e. The minimum atomic E-state index is 0.315. The van der Waals surface area contributed by atoms with Crippen molar-refractivity contribution >= 4 is 5.96 Å². The largest absolute Gasteiger partial charge is 0.370 e. The second-order valence-electron chi connectivity index (χ2n) is 2.13. The number of aliphatic imine (C=N–C) groups is 1. The topological polar surface area (TPSA) is 76.4 Å². The molecule has 52 valence electrons. The molecule has 1 heterocycles. The molecule has 0 aliphatic carbocycles. The van der Waals surface area contributed by atoms with Crippen molar-refractivity contribution in [2.24, 2.45) is 16.5 Å². The predicted octanol–water partition coefficient (Wildman–Crippen LogP) is -1.38. The molecule has 0 bridgehead atoms. The summed E-state index contributed by atoms with van der Waals surface area (Å²) >= 11 is 0. The van der Waals surface area contributed by atoms with Crippen LogP contribution in [0.4, 0.5) is 0 Å². The van der Waals surface area contributed by atoms with Gasteiger partial charge in [0.05, 0.1) is 6.04 Å². The minimum Gasteiger partial charge on any atom is -0.370 e. The standard InChI is InChI=1S/C5H12N4/c6-2-1-4-3-8-5(7)9-4/h4H,1-3,6H2,(H3,7,8,9)/t4-/m0/s1. The lowest BCUT2D eigenvalue weighted by Crippen LogP contribution is -2.27. The summed E-state index contributed by atoms with van der Waals surface area (Å²) in [6.07, 6.45) is 0.924. The zero-order valence-corrected chi connectivity index (χ0v) is 5.30. The van der Waals surface area contributed by atoms with Crippen LogP contribution in [0.15, 0.2) is 4.99 Å². The molecule has 0 saturated carbocycles. The molecule has 0 unspecified atom stereocenters. The van der Waals surface area contributed by atoms with E-state index in [1.54, 1.807) is 0 Å². The molecule has 9 heavy (non-hydrogen) atoms. The second-order valence-corrected chi connectivity index (χ2v) is 2.13. The molecule has 1 aliphatic rings. The Hall–Kier alpha value is -0.770. The summed E-state index contributed by atoms with van der Waals surface area (Å²) < 4.78 is 0. The van der Waals surface area contributed by atoms with Crippen molar-refractivity contribution in [3.05, 3.63) is 0 Å². The molecule has 4 heteroatoms. The zero-order chi connectivity index (χ0) is 6.69. The quantitative estimate of drug-likeness (QED) is 0.429. The molecule has 1 aliphatic heterocycles. The molecule has 0 spiro atoms. The van der Waals surface area contributed by atoms with Crippen LogP contribution in [0, 0.1) is 0 Å². The van der Waals surface area contributed by atoms with E-state index in [4.69, 9.17) is 11.5 Å². The van der Waals surface area contributed by atoms with E-state index in [1.165, 1.54) is 0 Å². The molecule has 5 N–H and O–H groups in total. The van der Waals surface area contributed by atoms with Crippen LogP contribution < -0.4 is 16.8 Å². The Labute approximate surface area is 54.3 Å². The van der Waals surface area contributed by atoms with E-state index in [1.807, 2.05) is 0 Å². The molecular formula is C5H12N4. The lowest BCUT2D eigenvalue weighted by Gasteiger charge is -1.99. The Balaban J connectivity index is 2.29. The summed E-state index contributed by atoms with van der Waals surface area (Å²) in [6, 6.07) is 0.315. The fraction of sp³-hybridized carbons (Fsp3) is 0.800. The molecule has 0 aromatic heterocycles. The van der Waals surface area contributed by atoms with E-state index in [-0.39, 0.29) is 0 Å². The summed E-state index contributed by atoms with van der Waals surface area (Å²) in [7, 11) is 0. The highest BCUT2D eigenvalue weighted by atomic mass is 15.2. The van der Waals surface area contributed by atoms with E-state index < -0.39 is 0 Å². The average molecular weight is 128 g/mol. The van der Waals surface area contributed by atoms with Gasteiger partial charge in [-0.1, -0.05) is 0 Å². The monoisotopic (exact) mass is 128 g/mol. The first-order valence-corrected chi connectivity index (χ1v) is 3.10. The van der Waals surface area contributed by atoms with Gasteiger partial charge in [-0.3, -0.25) is 0 Å². The Morgan fingerprint density at radius 3 is 3.00 bits per heavy atom. The van der Waals surface area contributed by atoms with E-state index >= 15 is 0 Å². The molecule has 0 amide bonds. The first kappa shape index (κ1) is 6.35. The third kappa shape index (κ3) is 1.57. The second kappa shape index (κ2) is 2.68. The van der Waals surface area contributed by atoms with Gasteiger partial charge >= 0.3 is 0 Å². The molecule has 0 saturated heterocycles. The maximum atomic E-state index is 5.35. The SMILES string of the molecule is NCC[C@H]1CNC(N)=N1. The van der Waals surface area contributed by atoms with E-state index in [2.05, 4.69) is 10.3 Å². The van der Waals surface area contributed by atoms with Crippen molar-refractivity contribution in [1.82, 2.24) is 5.32 Å². The summed E-state index contributed by atoms with van der Waals surface area (Å²) in [4.78, 5) is 4.08. The van der Waals surface area contributed by atoms with Crippen molar-refractivity contribution in [2.75, 3.05) is 13.1 Å². The summed E-state index contributed by atoms with van der Waals surface area (Å²) in [5.74, 6) is 0.549. The van der Waals surface area contributed by atoms with Crippen molar-refractivity contribution in [2.45, 2.75) is 12.5 Å². The van der Waals surface area contributed by atoms with Crippen molar-refractivity contribution < 1.29 is 0 Å². The van der Waals surface area contributed by atoms with Crippen molar-refractivity contribution in [3.63, 3.8) is 0 Å². The van der Waals surface area contributed by atoms with Gasteiger partial charge in [-0.2, -0.15) is 0 Å². The van der Waals surface area contributed by atoms with Crippen molar-refractivity contribution in [1.29, 1.82) is 0 Å². The molecule has 0 aromatic carbocycles. The highest BCUT2D eigenvalue weighted by Gasteiger charge is 2.12. The lowest BCUT2D eigenvalue weighted by molar-refractivity contribution is 0.644. The molecule has 0 aromatic rings. The van der Waals surface area contributed by atoms with Crippen LogP contribution in [-0.4, -0.2) is 25.1 Å². The van der Waals surface area contributed by atoms with Crippen molar-refractivity contribution in [3.8, 4) is 0 Å². The molecule has 0 fully saturated rings. The van der Waals surface area contributed by atoms with Crippen LogP contribution in [0.25, 0.3) is 0 Å². The molecule has 1 rings (SSSR count). The van der Waals surface area contributed by atoms with Gasteiger partial charge in [0.25, 0.3) is 0 Å². The molecule has 1 atom stereocenters. The molecule has 4 nitrogen and oxygen atoms in total. The smallest absolute Gasteiger partial charge is 0.189 e. The van der Waals surface area contributed by atoms with Crippen LogP contribution in [0.2, 0.25) is 0 Å². The predicted molar refractivity (Wildman–Crippen MR) is 37.1 cm³/mol. The molecular weight excluding hydrogens is 116 g/mol. The van der Waals surface area contributed by atoms with Gasteiger partial charge in [0.15, 0.2) is 5.96 Å². The number of rotatable bonds is 2. The van der Waals surface area contributed by atoms with E-state index in [9.17, 15) is 0 Å². The highest BCUT2D eigenvalue weighted by molar-refractivity contribution is 5.79. The van der Waals surface area contributed by atoms with Crippen LogP contribution >= 0.6 is 0 Å². The Morgan fingerprint density at radius 1 is 1.78 bits per heavy atom. The van der Waals surface area contributed by atoms with Gasteiger partial charge in [-0.15, -0.1) is 0 Å². The van der Waals surface area contributed by atoms with Crippen LogP contribution in [0.3, 0.4) is 0 Å². The third-order valence-electron chi connectivity index (χ3n) is 1.34. The third-order valence-corrected chi connectivity index (χ3v) is 1.34. The normalized spacial score (nSPS) is 25.4. The summed E-state index contributed by atoms with van der Waals surface area (Å²) in [5.41, 5.74) is 10.7. The Kier molecular flexibility index (Phi) is 1.89. The number of guanidine groups is 1. The fourth-order valence-corrected chi connectivity index (χ4v) is 0.869. The first-order chi connectivity index (χ1) is 4.33. The number of nitrogens with one attached hydrogen (secondary N) is 1. The Bertz CT molecular complexity index is 120. The van der Waals surface area contributed by atoms with E-state index in [0.717, 1.165) is 13.0 Å². The summed E-state index contributed by atoms with van der Waals surface area (Å²) in [5, 5.41) is 2.93. The Morgan fingerprint density at radius 2 is 2.56 bits per heavy atom. The molecule has 0 radical (unpaired) electrons. The number of nitrogens with two attached hydrogens (primary N) is 2. The van der Waals surface area contributed by atoms with Gasteiger partial charge in [0, 0.05) is 6.54 Å². The highest BCUT2D eigenvalue weighted by Crippen LogP contribution is 1.98. The average Bonchev–Trinajstić information content (AvgIpc) is 2.17. The minimum absolute atomic E-state index is 0.315. The summed E-state index contributed by atoms with van der Waals surface area (Å²) in [6.45, 7) is 1.53. The van der Waals surface area contributed by atoms with Gasteiger partial charge in [0.1, 0.15) is 0 Å². The number of hydrogen-bond acceptors (Lipinski definition) is 4. The van der Waals surface area contributed by atoms with Gasteiger partial charge in [-0.25, -0.2) is 4.99 Å². The van der Waals surface area contributed by atoms with Gasteiger partial charge < -0.3 is 16.8 Å². The van der Waals surface area contributed by atoms with Gasteiger partial charge in [0.2, 0.25) is 0 Å². The first-order valence-electron chi connectivity index (χ1n) is 3.10. The zero-order valence-electron chi connectivity index (χ0n) is 5.30. The van der Waals surface area contributed by atoms with Gasteiger partial charge in [-0.05, 0) is 13.0 Å². The number of hydrogen-bond donors (Lipinski definition) is 3. The van der Waals surface area contributed by atoms with Crippen LogP contribution in [0.5, 0.6) is 0 Å². The van der Waals surface area contributed by atoms with Crippen LogP contribution in [-0.2, 0) is 0 Å². The van der Waals surface area contributed by atoms with Crippen LogP contribution in [0.1, 0.15) is 6.42 Å². The number of nitrogens with zero attached hydrogens (tertiary/aromatic N) is 1. The maximum absolute atomic E-state index is 5.35. The van der Waals surface area contributed by atoms with E-state index in [0.29, 0.717) is 18.5 Å². The lowest BCUT2D eigenvalue weighted by atomic mass is 10.2. The fourth-order valence-electron chi connectivity index (χ4n) is 0.869.